The summed E-state index contributed by atoms with van der Waals surface area (Å²) in [5.41, 5.74) is 1.49. The molecule has 104 valence electrons. The minimum Gasteiger partial charge on any atom is -0.295 e. The highest BCUT2D eigenvalue weighted by Crippen LogP contribution is 2.16. The van der Waals surface area contributed by atoms with E-state index in [1.54, 1.807) is 0 Å². The summed E-state index contributed by atoms with van der Waals surface area (Å²) in [5.74, 6) is -0.384. The quantitative estimate of drug-likeness (QED) is 0.781. The molecule has 4 heteroatoms. The highest BCUT2D eigenvalue weighted by molar-refractivity contribution is 6.31. The summed E-state index contributed by atoms with van der Waals surface area (Å²) < 4.78 is 12.8. The maximum absolute atomic E-state index is 12.8. The van der Waals surface area contributed by atoms with Crippen LogP contribution in [0.5, 0.6) is 0 Å². The molecular formula is C16H15ClFNO. The predicted octanol–water partition coefficient (Wildman–Crippen LogP) is 3.79. The minimum atomic E-state index is -0.342. The average molecular weight is 292 g/mol. The number of nitrogens with zero attached hydrogens (tertiary/aromatic N) is 1. The molecule has 2 rings (SSSR count). The Balaban J connectivity index is 1.98. The van der Waals surface area contributed by atoms with Crippen LogP contribution in [0.4, 0.5) is 4.39 Å². The molecule has 0 bridgehead atoms. The van der Waals surface area contributed by atoms with E-state index in [1.807, 2.05) is 36.2 Å². The monoisotopic (exact) mass is 291 g/mol. The Bertz CT molecular complexity index is 598. The Morgan fingerprint density at radius 2 is 1.80 bits per heavy atom. The Morgan fingerprint density at radius 3 is 2.45 bits per heavy atom. The van der Waals surface area contributed by atoms with Crippen LogP contribution < -0.4 is 0 Å². The summed E-state index contributed by atoms with van der Waals surface area (Å²) in [6, 6.07) is 13.1. The van der Waals surface area contributed by atoms with Crippen molar-refractivity contribution in [2.24, 2.45) is 0 Å². The van der Waals surface area contributed by atoms with Crippen LogP contribution in [0.25, 0.3) is 0 Å². The lowest BCUT2D eigenvalue weighted by atomic mass is 10.1. The number of likely N-dealkylation sites (N-methyl/N-ethyl adjacent to an activating group) is 1. The third-order valence-corrected chi connectivity index (χ3v) is 3.35. The topological polar surface area (TPSA) is 20.3 Å². The predicted molar refractivity (Wildman–Crippen MR) is 78.5 cm³/mol. The molecule has 0 saturated heterocycles. The van der Waals surface area contributed by atoms with E-state index >= 15 is 0 Å². The molecule has 0 N–H and O–H groups in total. The molecule has 2 aromatic rings. The van der Waals surface area contributed by atoms with E-state index in [-0.39, 0.29) is 18.1 Å². The van der Waals surface area contributed by atoms with Crippen molar-refractivity contribution in [3.8, 4) is 0 Å². The number of halogens is 2. The molecule has 2 aromatic carbocycles. The number of hydrogen-bond acceptors (Lipinski definition) is 2. The van der Waals surface area contributed by atoms with Gasteiger partial charge in [0.2, 0.25) is 0 Å². The smallest absolute Gasteiger partial charge is 0.176 e. The van der Waals surface area contributed by atoms with Crippen molar-refractivity contribution < 1.29 is 9.18 Å². The first-order valence-electron chi connectivity index (χ1n) is 6.27. The summed E-state index contributed by atoms with van der Waals surface area (Å²) in [6.07, 6.45) is 0. The molecule has 2 nitrogen and oxygen atoms in total. The fourth-order valence-electron chi connectivity index (χ4n) is 1.95. The summed E-state index contributed by atoms with van der Waals surface area (Å²) >= 11 is 6.09. The maximum Gasteiger partial charge on any atom is 0.176 e. The lowest BCUT2D eigenvalue weighted by Crippen LogP contribution is -2.25. The van der Waals surface area contributed by atoms with Gasteiger partial charge in [-0.1, -0.05) is 29.8 Å². The van der Waals surface area contributed by atoms with E-state index in [2.05, 4.69) is 0 Å². The van der Waals surface area contributed by atoms with Crippen LogP contribution in [0.1, 0.15) is 15.9 Å². The second kappa shape index (κ2) is 6.64. The lowest BCUT2D eigenvalue weighted by Gasteiger charge is -2.16. The van der Waals surface area contributed by atoms with Crippen LogP contribution in [-0.2, 0) is 6.54 Å². The molecular weight excluding hydrogens is 277 g/mol. The van der Waals surface area contributed by atoms with Gasteiger partial charge in [-0.05, 0) is 42.9 Å². The molecule has 20 heavy (non-hydrogen) atoms. The number of hydrogen-bond donors (Lipinski definition) is 0. The van der Waals surface area contributed by atoms with E-state index in [9.17, 15) is 9.18 Å². The van der Waals surface area contributed by atoms with Gasteiger partial charge >= 0.3 is 0 Å². The lowest BCUT2D eigenvalue weighted by molar-refractivity contribution is 0.0943. The third kappa shape index (κ3) is 3.89. The zero-order valence-corrected chi connectivity index (χ0v) is 11.9. The molecule has 0 aliphatic carbocycles. The van der Waals surface area contributed by atoms with Gasteiger partial charge in [-0.15, -0.1) is 0 Å². The van der Waals surface area contributed by atoms with Gasteiger partial charge in [0.15, 0.2) is 5.78 Å². The fraction of sp³-hybridized carbons (Fsp3) is 0.188. The normalized spacial score (nSPS) is 10.8. The molecule has 0 unspecified atom stereocenters. The molecule has 0 heterocycles. The van der Waals surface area contributed by atoms with Crippen molar-refractivity contribution in [2.75, 3.05) is 13.6 Å². The van der Waals surface area contributed by atoms with E-state index in [0.29, 0.717) is 17.1 Å². The van der Waals surface area contributed by atoms with Gasteiger partial charge in [-0.2, -0.15) is 0 Å². The fourth-order valence-corrected chi connectivity index (χ4v) is 2.14. The summed E-state index contributed by atoms with van der Waals surface area (Å²) in [4.78, 5) is 13.9. The molecule has 0 spiro atoms. The van der Waals surface area contributed by atoms with E-state index in [0.717, 1.165) is 5.56 Å². The molecule has 0 aliphatic heterocycles. The maximum atomic E-state index is 12.8. The van der Waals surface area contributed by atoms with Crippen molar-refractivity contribution in [1.29, 1.82) is 0 Å². The van der Waals surface area contributed by atoms with E-state index < -0.39 is 0 Å². The first-order valence-corrected chi connectivity index (χ1v) is 6.65. The second-order valence-corrected chi connectivity index (χ2v) is 5.10. The average Bonchev–Trinajstić information content (AvgIpc) is 2.42. The van der Waals surface area contributed by atoms with E-state index in [4.69, 9.17) is 11.6 Å². The summed E-state index contributed by atoms with van der Waals surface area (Å²) in [6.45, 7) is 0.851. The Hall–Kier alpha value is -1.71. The zero-order chi connectivity index (χ0) is 14.5. The second-order valence-electron chi connectivity index (χ2n) is 4.69. The SMILES string of the molecule is CN(CC(=O)c1ccc(F)cc1)Cc1ccccc1Cl. The van der Waals surface area contributed by atoms with Gasteiger partial charge in [0, 0.05) is 17.1 Å². The van der Waals surface area contributed by atoms with Crippen LogP contribution in [0.15, 0.2) is 48.5 Å². The molecule has 0 radical (unpaired) electrons. The Kier molecular flexibility index (Phi) is 4.88. The van der Waals surface area contributed by atoms with Gasteiger partial charge in [0.25, 0.3) is 0 Å². The number of Topliss-reactive ketones (excluding diaryl/α,β-unsaturated/α-hetero) is 1. The van der Waals surface area contributed by atoms with Crippen molar-refractivity contribution >= 4 is 17.4 Å². The van der Waals surface area contributed by atoms with Crippen molar-refractivity contribution in [1.82, 2.24) is 4.90 Å². The van der Waals surface area contributed by atoms with Gasteiger partial charge in [-0.25, -0.2) is 4.39 Å². The summed E-state index contributed by atoms with van der Waals surface area (Å²) in [5, 5.41) is 0.689. The van der Waals surface area contributed by atoms with Crippen LogP contribution in [0, 0.1) is 5.82 Å². The number of benzene rings is 2. The van der Waals surface area contributed by atoms with Gasteiger partial charge in [0.05, 0.1) is 6.54 Å². The van der Waals surface area contributed by atoms with E-state index in [1.165, 1.54) is 24.3 Å². The first-order chi connectivity index (χ1) is 9.56. The molecule has 0 aliphatic rings. The standard InChI is InChI=1S/C16H15ClFNO/c1-19(10-13-4-2-3-5-15(13)17)11-16(20)12-6-8-14(18)9-7-12/h2-9H,10-11H2,1H3. The molecule has 0 atom stereocenters. The van der Waals surface area contributed by atoms with Crippen LogP contribution in [0.2, 0.25) is 5.02 Å². The number of carbonyl (C=O) groups excluding carboxylic acids is 1. The third-order valence-electron chi connectivity index (χ3n) is 2.98. The molecule has 0 fully saturated rings. The Morgan fingerprint density at radius 1 is 1.15 bits per heavy atom. The van der Waals surface area contributed by atoms with Crippen molar-refractivity contribution in [3.05, 3.63) is 70.5 Å². The van der Waals surface area contributed by atoms with Crippen LogP contribution >= 0.6 is 11.6 Å². The molecule has 0 saturated carbocycles. The summed E-state index contributed by atoms with van der Waals surface area (Å²) in [7, 11) is 1.85. The van der Waals surface area contributed by atoms with Crippen molar-refractivity contribution in [2.45, 2.75) is 6.54 Å². The minimum absolute atomic E-state index is 0.0421. The largest absolute Gasteiger partial charge is 0.295 e. The van der Waals surface area contributed by atoms with Gasteiger partial charge < -0.3 is 0 Å². The van der Waals surface area contributed by atoms with Gasteiger partial charge in [0.1, 0.15) is 5.82 Å². The number of ketones is 1. The van der Waals surface area contributed by atoms with Crippen molar-refractivity contribution in [3.63, 3.8) is 0 Å². The highest BCUT2D eigenvalue weighted by Gasteiger charge is 2.11. The number of carbonyl (C=O) groups is 1. The molecule has 0 aromatic heterocycles. The molecule has 0 amide bonds. The van der Waals surface area contributed by atoms with Crippen LogP contribution in [0.3, 0.4) is 0 Å². The number of rotatable bonds is 5. The van der Waals surface area contributed by atoms with Gasteiger partial charge in [-0.3, -0.25) is 9.69 Å². The zero-order valence-electron chi connectivity index (χ0n) is 11.1. The first kappa shape index (κ1) is 14.7. The van der Waals surface area contributed by atoms with Crippen LogP contribution in [-0.4, -0.2) is 24.3 Å². The highest BCUT2D eigenvalue weighted by atomic mass is 35.5. The Labute approximate surface area is 122 Å².